The Labute approximate surface area is 84.3 Å². The van der Waals surface area contributed by atoms with Crippen molar-refractivity contribution in [2.75, 3.05) is 14.2 Å². The van der Waals surface area contributed by atoms with Gasteiger partial charge in [-0.3, -0.25) is 0 Å². The number of methoxy groups -OCH3 is 2. The monoisotopic (exact) mass is 195 g/mol. The Morgan fingerprint density at radius 2 is 1.71 bits per heavy atom. The average molecular weight is 195 g/mol. The molecule has 0 saturated carbocycles. The SMILES string of the molecule is CO[C](CCc1ccc(O)cc1)OC. The zero-order valence-electron chi connectivity index (χ0n) is 8.49. The number of aromatic hydroxyl groups is 1. The van der Waals surface area contributed by atoms with Crippen molar-refractivity contribution in [3.63, 3.8) is 0 Å². The lowest BCUT2D eigenvalue weighted by atomic mass is 10.1. The number of hydrogen-bond acceptors (Lipinski definition) is 3. The molecular formula is C11H15O3. The van der Waals surface area contributed by atoms with E-state index >= 15 is 0 Å². The zero-order chi connectivity index (χ0) is 10.4. The summed E-state index contributed by atoms with van der Waals surface area (Å²) in [5, 5.41) is 9.07. The first-order valence-corrected chi connectivity index (χ1v) is 4.48. The number of aryl methyl sites for hydroxylation is 1. The van der Waals surface area contributed by atoms with Crippen LogP contribution in [-0.2, 0) is 15.9 Å². The quantitative estimate of drug-likeness (QED) is 0.782. The summed E-state index contributed by atoms with van der Waals surface area (Å²) < 4.78 is 9.98. The minimum atomic E-state index is 0.288. The van der Waals surface area contributed by atoms with Crippen molar-refractivity contribution >= 4 is 0 Å². The molecular weight excluding hydrogens is 180 g/mol. The fraction of sp³-hybridized carbons (Fsp3) is 0.364. The van der Waals surface area contributed by atoms with E-state index in [1.807, 2.05) is 12.1 Å². The molecule has 0 heterocycles. The van der Waals surface area contributed by atoms with Crippen molar-refractivity contribution in [1.29, 1.82) is 0 Å². The lowest BCUT2D eigenvalue weighted by molar-refractivity contribution is -0.00230. The van der Waals surface area contributed by atoms with Crippen molar-refractivity contribution in [2.45, 2.75) is 12.8 Å². The van der Waals surface area contributed by atoms with E-state index < -0.39 is 0 Å². The first kappa shape index (κ1) is 11.0. The van der Waals surface area contributed by atoms with E-state index in [0.717, 1.165) is 18.4 Å². The summed E-state index contributed by atoms with van der Waals surface area (Å²) in [6, 6.07) is 7.12. The smallest absolute Gasteiger partial charge is 0.223 e. The summed E-state index contributed by atoms with van der Waals surface area (Å²) in [6.45, 7) is 0. The van der Waals surface area contributed by atoms with Gasteiger partial charge in [0.2, 0.25) is 6.29 Å². The minimum absolute atomic E-state index is 0.288. The summed E-state index contributed by atoms with van der Waals surface area (Å²) >= 11 is 0. The molecule has 1 rings (SSSR count). The van der Waals surface area contributed by atoms with Crippen LogP contribution in [0.3, 0.4) is 0 Å². The van der Waals surface area contributed by atoms with E-state index in [0.29, 0.717) is 6.29 Å². The predicted molar refractivity (Wildman–Crippen MR) is 53.7 cm³/mol. The van der Waals surface area contributed by atoms with Crippen LogP contribution in [0.15, 0.2) is 24.3 Å². The first-order valence-electron chi connectivity index (χ1n) is 4.48. The molecule has 1 aromatic carbocycles. The van der Waals surface area contributed by atoms with Gasteiger partial charge in [0.25, 0.3) is 0 Å². The Hall–Kier alpha value is -1.06. The summed E-state index contributed by atoms with van der Waals surface area (Å²) in [5.74, 6) is 0.288. The van der Waals surface area contributed by atoms with E-state index in [-0.39, 0.29) is 5.75 Å². The number of ether oxygens (including phenoxy) is 2. The molecule has 0 amide bonds. The van der Waals surface area contributed by atoms with Gasteiger partial charge >= 0.3 is 0 Å². The van der Waals surface area contributed by atoms with E-state index in [9.17, 15) is 0 Å². The zero-order valence-corrected chi connectivity index (χ0v) is 8.49. The fourth-order valence-corrected chi connectivity index (χ4v) is 1.20. The van der Waals surface area contributed by atoms with Crippen LogP contribution < -0.4 is 0 Å². The largest absolute Gasteiger partial charge is 0.508 e. The van der Waals surface area contributed by atoms with Crippen molar-refractivity contribution in [2.24, 2.45) is 0 Å². The number of rotatable bonds is 5. The van der Waals surface area contributed by atoms with Gasteiger partial charge in [-0.25, -0.2) is 0 Å². The molecule has 0 aliphatic rings. The minimum Gasteiger partial charge on any atom is -0.508 e. The summed E-state index contributed by atoms with van der Waals surface area (Å²) in [6.07, 6.45) is 2.20. The lowest BCUT2D eigenvalue weighted by Crippen LogP contribution is -2.04. The van der Waals surface area contributed by atoms with E-state index in [2.05, 4.69) is 0 Å². The van der Waals surface area contributed by atoms with Crippen LogP contribution in [0.4, 0.5) is 0 Å². The maximum absolute atomic E-state index is 9.07. The molecule has 1 aromatic rings. The summed E-state index contributed by atoms with van der Waals surface area (Å²) in [7, 11) is 3.19. The number of phenols is 1. The second kappa shape index (κ2) is 5.62. The molecule has 0 aliphatic heterocycles. The molecule has 14 heavy (non-hydrogen) atoms. The van der Waals surface area contributed by atoms with Crippen LogP contribution >= 0.6 is 0 Å². The van der Waals surface area contributed by atoms with Gasteiger partial charge in [0.05, 0.1) is 0 Å². The molecule has 1 N–H and O–H groups in total. The molecule has 0 saturated heterocycles. The van der Waals surface area contributed by atoms with Crippen LogP contribution in [0.1, 0.15) is 12.0 Å². The summed E-state index contributed by atoms with van der Waals surface area (Å²) in [5.41, 5.74) is 1.15. The molecule has 0 bridgehead atoms. The van der Waals surface area contributed by atoms with Gasteiger partial charge in [0, 0.05) is 20.6 Å². The number of phenolic OH excluding ortho intramolecular Hbond substituents is 1. The van der Waals surface area contributed by atoms with Crippen molar-refractivity contribution < 1.29 is 14.6 Å². The molecule has 3 heteroatoms. The maximum Gasteiger partial charge on any atom is 0.223 e. The van der Waals surface area contributed by atoms with E-state index in [4.69, 9.17) is 14.6 Å². The highest BCUT2D eigenvalue weighted by Gasteiger charge is 2.06. The Kier molecular flexibility index (Phi) is 4.43. The molecule has 77 valence electrons. The Bertz CT molecular complexity index is 252. The average Bonchev–Trinajstić information content (AvgIpc) is 2.22. The van der Waals surface area contributed by atoms with Crippen molar-refractivity contribution in [3.8, 4) is 5.75 Å². The van der Waals surface area contributed by atoms with Crippen molar-refractivity contribution in [3.05, 3.63) is 36.1 Å². The van der Waals surface area contributed by atoms with Gasteiger partial charge < -0.3 is 14.6 Å². The molecule has 0 fully saturated rings. The first-order chi connectivity index (χ1) is 6.76. The van der Waals surface area contributed by atoms with Gasteiger partial charge in [0.1, 0.15) is 5.75 Å². The Balaban J connectivity index is 2.41. The number of benzene rings is 1. The van der Waals surface area contributed by atoms with Gasteiger partial charge in [-0.15, -0.1) is 0 Å². The predicted octanol–water partition coefficient (Wildman–Crippen LogP) is 2.11. The standard InChI is InChI=1S/C11H15O3/c1-13-11(14-2)8-5-9-3-6-10(12)7-4-9/h3-4,6-7,12H,5,8H2,1-2H3. The highest BCUT2D eigenvalue weighted by atomic mass is 16.7. The second-order valence-corrected chi connectivity index (χ2v) is 2.95. The van der Waals surface area contributed by atoms with Crippen LogP contribution in [0.2, 0.25) is 0 Å². The topological polar surface area (TPSA) is 38.7 Å². The molecule has 0 unspecified atom stereocenters. The van der Waals surface area contributed by atoms with Crippen LogP contribution in [0, 0.1) is 6.29 Å². The molecule has 3 nitrogen and oxygen atoms in total. The van der Waals surface area contributed by atoms with Crippen LogP contribution in [-0.4, -0.2) is 19.3 Å². The van der Waals surface area contributed by atoms with Gasteiger partial charge in [-0.05, 0) is 24.1 Å². The highest BCUT2D eigenvalue weighted by Crippen LogP contribution is 2.15. The normalized spacial score (nSPS) is 10.8. The van der Waals surface area contributed by atoms with Crippen LogP contribution in [0.5, 0.6) is 5.75 Å². The molecule has 0 atom stereocenters. The summed E-state index contributed by atoms with van der Waals surface area (Å²) in [4.78, 5) is 0. The molecule has 0 aromatic heterocycles. The lowest BCUT2D eigenvalue weighted by Gasteiger charge is -2.10. The van der Waals surface area contributed by atoms with Crippen molar-refractivity contribution in [1.82, 2.24) is 0 Å². The second-order valence-electron chi connectivity index (χ2n) is 2.95. The fourth-order valence-electron chi connectivity index (χ4n) is 1.20. The molecule has 1 radical (unpaired) electrons. The van der Waals surface area contributed by atoms with E-state index in [1.54, 1.807) is 26.4 Å². The molecule has 0 aliphatic carbocycles. The highest BCUT2D eigenvalue weighted by molar-refractivity contribution is 5.25. The third-order valence-electron chi connectivity index (χ3n) is 2.01. The van der Waals surface area contributed by atoms with Gasteiger partial charge in [-0.1, -0.05) is 12.1 Å². The van der Waals surface area contributed by atoms with Crippen LogP contribution in [0.25, 0.3) is 0 Å². The molecule has 0 spiro atoms. The van der Waals surface area contributed by atoms with Gasteiger partial charge in [-0.2, -0.15) is 0 Å². The van der Waals surface area contributed by atoms with Gasteiger partial charge in [0.15, 0.2) is 0 Å². The number of hydrogen-bond donors (Lipinski definition) is 1. The Morgan fingerprint density at radius 3 is 2.21 bits per heavy atom. The Morgan fingerprint density at radius 1 is 1.14 bits per heavy atom. The van der Waals surface area contributed by atoms with E-state index in [1.165, 1.54) is 0 Å². The third-order valence-corrected chi connectivity index (χ3v) is 2.01. The maximum atomic E-state index is 9.07. The third kappa shape index (κ3) is 3.36.